The first kappa shape index (κ1) is 13.8. The van der Waals surface area contributed by atoms with Gasteiger partial charge in [-0.2, -0.15) is 12.6 Å². The number of rotatable bonds is 6. The number of unbranched alkanes of at least 4 members (excludes halogenated alkanes) is 2. The molecule has 0 radical (unpaired) electrons. The Morgan fingerprint density at radius 2 is 1.83 bits per heavy atom. The highest BCUT2D eigenvalue weighted by Gasteiger charge is 2.05. The number of fused-ring (bicyclic) bond motifs is 1. The molecule has 0 N–H and O–H groups in total. The monoisotopic (exact) mass is 324 g/mol. The lowest BCUT2D eigenvalue weighted by Gasteiger charge is -2.10. The number of hydrogen-bond donors (Lipinski definition) is 1. The van der Waals surface area contributed by atoms with E-state index in [1.165, 1.54) is 17.2 Å². The van der Waals surface area contributed by atoms with Crippen molar-refractivity contribution in [1.82, 2.24) is 0 Å². The Kier molecular flexibility index (Phi) is 5.39. The van der Waals surface area contributed by atoms with Gasteiger partial charge < -0.3 is 4.74 Å². The second-order valence-electron chi connectivity index (χ2n) is 4.23. The summed E-state index contributed by atoms with van der Waals surface area (Å²) in [6.07, 6.45) is 3.42. The van der Waals surface area contributed by atoms with Gasteiger partial charge in [-0.1, -0.05) is 30.3 Å². The van der Waals surface area contributed by atoms with E-state index in [0.717, 1.165) is 35.4 Å². The second kappa shape index (κ2) is 7.05. The molecule has 2 aromatic rings. The lowest BCUT2D eigenvalue weighted by molar-refractivity contribution is 0.305. The standard InChI is InChI=1S/C15H17BrOS/c16-15-13-7-3-2-6-12(13)8-9-14(15)17-10-4-1-5-11-18/h2-3,6-9,18H,1,4-5,10-11H2. The van der Waals surface area contributed by atoms with E-state index in [4.69, 9.17) is 4.74 Å². The summed E-state index contributed by atoms with van der Waals surface area (Å²) in [6.45, 7) is 0.769. The van der Waals surface area contributed by atoms with E-state index in [-0.39, 0.29) is 0 Å². The van der Waals surface area contributed by atoms with Crippen molar-refractivity contribution in [1.29, 1.82) is 0 Å². The molecule has 0 atom stereocenters. The Morgan fingerprint density at radius 1 is 1.00 bits per heavy atom. The Balaban J connectivity index is 2.03. The van der Waals surface area contributed by atoms with Crippen LogP contribution < -0.4 is 4.74 Å². The fourth-order valence-electron chi connectivity index (χ4n) is 1.90. The minimum Gasteiger partial charge on any atom is -0.492 e. The van der Waals surface area contributed by atoms with E-state index in [0.29, 0.717) is 0 Å². The molecule has 2 rings (SSSR count). The van der Waals surface area contributed by atoms with Crippen LogP contribution in [0.3, 0.4) is 0 Å². The molecule has 0 aromatic heterocycles. The first-order valence-electron chi connectivity index (χ1n) is 6.24. The lowest BCUT2D eigenvalue weighted by atomic mass is 10.1. The summed E-state index contributed by atoms with van der Waals surface area (Å²) in [6, 6.07) is 12.4. The van der Waals surface area contributed by atoms with Crippen molar-refractivity contribution in [2.24, 2.45) is 0 Å². The van der Waals surface area contributed by atoms with E-state index in [1.807, 2.05) is 18.2 Å². The summed E-state index contributed by atoms with van der Waals surface area (Å²) in [5, 5.41) is 2.43. The molecule has 0 unspecified atom stereocenters. The summed E-state index contributed by atoms with van der Waals surface area (Å²) < 4.78 is 6.87. The van der Waals surface area contributed by atoms with Gasteiger partial charge in [-0.25, -0.2) is 0 Å². The number of benzene rings is 2. The molecule has 1 nitrogen and oxygen atoms in total. The number of hydrogen-bond acceptors (Lipinski definition) is 2. The van der Waals surface area contributed by atoms with Crippen LogP contribution >= 0.6 is 28.6 Å². The topological polar surface area (TPSA) is 9.23 Å². The van der Waals surface area contributed by atoms with Crippen molar-refractivity contribution >= 4 is 39.3 Å². The molecule has 0 fully saturated rings. The van der Waals surface area contributed by atoms with Crippen LogP contribution in [0, 0.1) is 0 Å². The van der Waals surface area contributed by atoms with Crippen molar-refractivity contribution < 1.29 is 4.74 Å². The van der Waals surface area contributed by atoms with E-state index >= 15 is 0 Å². The van der Waals surface area contributed by atoms with E-state index in [1.54, 1.807) is 0 Å². The van der Waals surface area contributed by atoms with E-state index < -0.39 is 0 Å². The Bertz CT molecular complexity index is 513. The van der Waals surface area contributed by atoms with Gasteiger partial charge in [-0.15, -0.1) is 0 Å². The van der Waals surface area contributed by atoms with Gasteiger partial charge in [0.1, 0.15) is 5.75 Å². The molecule has 0 bridgehead atoms. The highest BCUT2D eigenvalue weighted by atomic mass is 79.9. The fraction of sp³-hybridized carbons (Fsp3) is 0.333. The zero-order chi connectivity index (χ0) is 12.8. The highest BCUT2D eigenvalue weighted by molar-refractivity contribution is 9.10. The van der Waals surface area contributed by atoms with Crippen molar-refractivity contribution in [2.45, 2.75) is 19.3 Å². The van der Waals surface area contributed by atoms with Crippen molar-refractivity contribution in [3.63, 3.8) is 0 Å². The SMILES string of the molecule is SCCCCCOc1ccc2ccccc2c1Br. The van der Waals surface area contributed by atoms with Crippen LogP contribution in [0.25, 0.3) is 10.8 Å². The van der Waals surface area contributed by atoms with Gasteiger partial charge in [-0.3, -0.25) is 0 Å². The molecule has 0 aliphatic heterocycles. The Morgan fingerprint density at radius 3 is 2.67 bits per heavy atom. The molecule has 0 spiro atoms. The van der Waals surface area contributed by atoms with Gasteiger partial charge in [0, 0.05) is 0 Å². The third kappa shape index (κ3) is 3.42. The summed E-state index contributed by atoms with van der Waals surface area (Å²) >= 11 is 7.83. The van der Waals surface area contributed by atoms with Crippen LogP contribution in [0.15, 0.2) is 40.9 Å². The largest absolute Gasteiger partial charge is 0.492 e. The predicted molar refractivity (Wildman–Crippen MR) is 84.8 cm³/mol. The minimum absolute atomic E-state index is 0.769. The van der Waals surface area contributed by atoms with Gasteiger partial charge in [0.15, 0.2) is 0 Å². The summed E-state index contributed by atoms with van der Waals surface area (Å²) in [4.78, 5) is 0. The Hall–Kier alpha value is -0.670. The molecule has 3 heteroatoms. The van der Waals surface area contributed by atoms with Crippen molar-refractivity contribution in [3.8, 4) is 5.75 Å². The van der Waals surface area contributed by atoms with Crippen LogP contribution in [0.1, 0.15) is 19.3 Å². The third-order valence-corrected chi connectivity index (χ3v) is 4.02. The van der Waals surface area contributed by atoms with E-state index in [9.17, 15) is 0 Å². The molecule has 0 aliphatic rings. The molecule has 0 saturated heterocycles. The van der Waals surface area contributed by atoms with Gasteiger partial charge in [0.05, 0.1) is 11.1 Å². The molecular weight excluding hydrogens is 308 g/mol. The first-order chi connectivity index (χ1) is 8.83. The first-order valence-corrected chi connectivity index (χ1v) is 7.66. The molecule has 0 amide bonds. The number of ether oxygens (including phenoxy) is 1. The maximum absolute atomic E-state index is 5.82. The van der Waals surface area contributed by atoms with Crippen LogP contribution in [0.2, 0.25) is 0 Å². The summed E-state index contributed by atoms with van der Waals surface area (Å²) in [5.41, 5.74) is 0. The third-order valence-electron chi connectivity index (χ3n) is 2.89. The van der Waals surface area contributed by atoms with Gasteiger partial charge >= 0.3 is 0 Å². The van der Waals surface area contributed by atoms with E-state index in [2.05, 4.69) is 46.8 Å². The smallest absolute Gasteiger partial charge is 0.134 e. The predicted octanol–water partition coefficient (Wildman–Crippen LogP) is 5.08. The fourth-order valence-corrected chi connectivity index (χ4v) is 2.73. The zero-order valence-electron chi connectivity index (χ0n) is 10.2. The van der Waals surface area contributed by atoms with Crippen molar-refractivity contribution in [3.05, 3.63) is 40.9 Å². The van der Waals surface area contributed by atoms with Gasteiger partial charge in [0.2, 0.25) is 0 Å². The molecule has 18 heavy (non-hydrogen) atoms. The van der Waals surface area contributed by atoms with Crippen molar-refractivity contribution in [2.75, 3.05) is 12.4 Å². The molecule has 2 aromatic carbocycles. The lowest BCUT2D eigenvalue weighted by Crippen LogP contribution is -1.98. The summed E-state index contributed by atoms with van der Waals surface area (Å²) in [5.74, 6) is 1.89. The van der Waals surface area contributed by atoms with Crippen LogP contribution in [-0.4, -0.2) is 12.4 Å². The minimum atomic E-state index is 0.769. The quantitative estimate of drug-likeness (QED) is 0.575. The zero-order valence-corrected chi connectivity index (χ0v) is 12.7. The van der Waals surface area contributed by atoms with Gasteiger partial charge in [-0.05, 0) is 57.8 Å². The molecule has 0 aliphatic carbocycles. The normalized spacial score (nSPS) is 10.8. The highest BCUT2D eigenvalue weighted by Crippen LogP contribution is 2.33. The maximum atomic E-state index is 5.82. The number of halogens is 1. The van der Waals surface area contributed by atoms with Crippen LogP contribution in [0.5, 0.6) is 5.75 Å². The maximum Gasteiger partial charge on any atom is 0.134 e. The molecule has 96 valence electrons. The Labute approximate surface area is 122 Å². The number of thiol groups is 1. The molecule has 0 saturated carbocycles. The summed E-state index contributed by atoms with van der Waals surface area (Å²) in [7, 11) is 0. The average Bonchev–Trinajstić information content (AvgIpc) is 2.41. The molecular formula is C15H17BrOS. The van der Waals surface area contributed by atoms with Crippen LogP contribution in [-0.2, 0) is 0 Å². The van der Waals surface area contributed by atoms with Gasteiger partial charge in [0.25, 0.3) is 0 Å². The molecule has 0 heterocycles. The second-order valence-corrected chi connectivity index (χ2v) is 5.47. The van der Waals surface area contributed by atoms with Crippen LogP contribution in [0.4, 0.5) is 0 Å². The average molecular weight is 325 g/mol.